The van der Waals surface area contributed by atoms with Crippen LogP contribution < -0.4 is 10.2 Å². The highest BCUT2D eigenvalue weighted by Gasteiger charge is 2.28. The van der Waals surface area contributed by atoms with E-state index in [1.54, 1.807) is 0 Å². The summed E-state index contributed by atoms with van der Waals surface area (Å²) in [6, 6.07) is 17.8. The van der Waals surface area contributed by atoms with Crippen molar-refractivity contribution in [1.29, 1.82) is 0 Å². The van der Waals surface area contributed by atoms with Gasteiger partial charge in [-0.25, -0.2) is 4.98 Å². The molecule has 1 fully saturated rings. The minimum absolute atomic E-state index is 0.0847. The summed E-state index contributed by atoms with van der Waals surface area (Å²) >= 11 is 4.98. The average Bonchev–Trinajstić information content (AvgIpc) is 3.51. The van der Waals surface area contributed by atoms with E-state index in [4.69, 9.17) is 14.1 Å². The normalized spacial score (nSPS) is 17.9. The fourth-order valence-corrected chi connectivity index (χ4v) is 5.78. The number of morpholine rings is 1. The molecule has 36 heavy (non-hydrogen) atoms. The Kier molecular flexibility index (Phi) is 6.34. The summed E-state index contributed by atoms with van der Waals surface area (Å²) in [5.74, 6) is 0.191. The summed E-state index contributed by atoms with van der Waals surface area (Å²) in [5, 5.41) is 12.4. The van der Waals surface area contributed by atoms with Gasteiger partial charge in [-0.3, -0.25) is 9.79 Å². The zero-order valence-electron chi connectivity index (χ0n) is 19.1. The van der Waals surface area contributed by atoms with Gasteiger partial charge in [0.2, 0.25) is 0 Å². The number of ketones is 1. The first kappa shape index (κ1) is 23.0. The number of thiazole rings is 1. The molecule has 11 heteroatoms. The van der Waals surface area contributed by atoms with Gasteiger partial charge in [0.1, 0.15) is 5.00 Å². The number of nitrogens with one attached hydrogen (secondary N) is 1. The SMILES string of the molecule is O=C1Cc2ccccc2C(c2ccccc2)=NC1Nc1nnc(-c2nc(Br)sc2N2CCOCC2)o1. The maximum Gasteiger partial charge on any atom is 0.317 e. The first-order valence-corrected chi connectivity index (χ1v) is 13.1. The highest BCUT2D eigenvalue weighted by atomic mass is 79.9. The second-order valence-electron chi connectivity index (χ2n) is 8.32. The summed E-state index contributed by atoms with van der Waals surface area (Å²) in [7, 11) is 0. The van der Waals surface area contributed by atoms with E-state index < -0.39 is 6.17 Å². The van der Waals surface area contributed by atoms with Gasteiger partial charge in [-0.2, -0.15) is 0 Å². The lowest BCUT2D eigenvalue weighted by atomic mass is 9.96. The summed E-state index contributed by atoms with van der Waals surface area (Å²) in [6.45, 7) is 2.82. The van der Waals surface area contributed by atoms with Gasteiger partial charge in [0, 0.05) is 30.6 Å². The number of hydrogen-bond donors (Lipinski definition) is 1. The Morgan fingerprint density at radius 3 is 2.64 bits per heavy atom. The van der Waals surface area contributed by atoms with Crippen molar-refractivity contribution in [3.8, 4) is 11.6 Å². The molecule has 1 atom stereocenters. The van der Waals surface area contributed by atoms with Crippen LogP contribution in [0.5, 0.6) is 0 Å². The first-order chi connectivity index (χ1) is 17.7. The number of aromatic nitrogens is 3. The number of nitrogens with zero attached hydrogens (tertiary/aromatic N) is 5. The van der Waals surface area contributed by atoms with E-state index in [-0.39, 0.29) is 24.1 Å². The van der Waals surface area contributed by atoms with Crippen molar-refractivity contribution in [2.75, 3.05) is 36.5 Å². The summed E-state index contributed by atoms with van der Waals surface area (Å²) in [5.41, 5.74) is 4.15. The number of Topliss-reactive ketones (excluding diaryl/α,β-unsaturated/α-hetero) is 1. The standard InChI is InChI=1S/C25H21BrN6O3S/c26-24-28-20(23(36-24)32-10-12-34-13-11-32)22-30-31-25(35-22)29-21-18(33)14-16-8-4-5-9-17(16)19(27-21)15-6-2-1-3-7-15/h1-9,21H,10-14H2,(H,29,31). The molecule has 0 saturated carbocycles. The molecule has 2 aliphatic rings. The minimum Gasteiger partial charge on any atom is -0.402 e. The number of aliphatic imine (C=N–C) groups is 1. The third-order valence-corrected chi connectivity index (χ3v) is 7.58. The number of carbonyl (C=O) groups is 1. The fourth-order valence-electron chi connectivity index (χ4n) is 4.30. The quantitative estimate of drug-likeness (QED) is 0.384. The van der Waals surface area contributed by atoms with E-state index in [0.29, 0.717) is 18.9 Å². The van der Waals surface area contributed by atoms with E-state index in [9.17, 15) is 4.79 Å². The van der Waals surface area contributed by atoms with Crippen molar-refractivity contribution in [2.24, 2.45) is 4.99 Å². The highest BCUT2D eigenvalue weighted by molar-refractivity contribution is 9.11. The molecule has 4 aromatic rings. The summed E-state index contributed by atoms with van der Waals surface area (Å²) < 4.78 is 12.1. The van der Waals surface area contributed by atoms with E-state index in [0.717, 1.165) is 44.4 Å². The van der Waals surface area contributed by atoms with Gasteiger partial charge in [0.25, 0.3) is 5.89 Å². The molecule has 2 aliphatic heterocycles. The molecular formula is C25H21BrN6O3S. The fraction of sp³-hybridized carbons (Fsp3) is 0.240. The second-order valence-corrected chi connectivity index (χ2v) is 10.6. The number of rotatable bonds is 5. The Hall–Kier alpha value is -3.41. The van der Waals surface area contributed by atoms with Gasteiger partial charge >= 0.3 is 6.01 Å². The minimum atomic E-state index is -0.873. The van der Waals surface area contributed by atoms with Crippen LogP contribution in [-0.2, 0) is 16.0 Å². The van der Waals surface area contributed by atoms with Crippen LogP contribution >= 0.6 is 27.3 Å². The molecule has 0 radical (unpaired) electrons. The number of carbonyl (C=O) groups excluding carboxylic acids is 1. The van der Waals surface area contributed by atoms with Crippen LogP contribution in [0.3, 0.4) is 0 Å². The van der Waals surface area contributed by atoms with E-state index in [1.165, 1.54) is 11.3 Å². The van der Waals surface area contributed by atoms with Crippen LogP contribution in [0, 0.1) is 0 Å². The van der Waals surface area contributed by atoms with Crippen LogP contribution in [-0.4, -0.2) is 59.1 Å². The molecule has 0 aliphatic carbocycles. The van der Waals surface area contributed by atoms with Crippen molar-refractivity contribution in [2.45, 2.75) is 12.6 Å². The molecule has 2 aromatic carbocycles. The topological polar surface area (TPSA) is 106 Å². The average molecular weight is 565 g/mol. The largest absolute Gasteiger partial charge is 0.402 e. The monoisotopic (exact) mass is 564 g/mol. The third-order valence-electron chi connectivity index (χ3n) is 6.02. The lowest BCUT2D eigenvalue weighted by Gasteiger charge is -2.27. The van der Waals surface area contributed by atoms with Gasteiger partial charge in [-0.15, -0.1) is 5.10 Å². The lowest BCUT2D eigenvalue weighted by molar-refractivity contribution is -0.119. The van der Waals surface area contributed by atoms with Crippen LogP contribution in [0.15, 0.2) is 67.9 Å². The number of halogens is 1. The van der Waals surface area contributed by atoms with Crippen molar-refractivity contribution in [3.63, 3.8) is 0 Å². The number of ether oxygens (including phenoxy) is 1. The number of benzene rings is 2. The van der Waals surface area contributed by atoms with Gasteiger partial charge < -0.3 is 19.4 Å². The molecular weight excluding hydrogens is 544 g/mol. The van der Waals surface area contributed by atoms with Gasteiger partial charge in [0.05, 0.1) is 18.9 Å². The van der Waals surface area contributed by atoms with Gasteiger partial charge in [-0.1, -0.05) is 71.0 Å². The molecule has 0 spiro atoms. The first-order valence-electron chi connectivity index (χ1n) is 11.5. The maximum atomic E-state index is 13.2. The molecule has 1 N–H and O–H groups in total. The van der Waals surface area contributed by atoms with E-state index in [2.05, 4.69) is 41.3 Å². The lowest BCUT2D eigenvalue weighted by Crippen LogP contribution is -2.35. The van der Waals surface area contributed by atoms with Crippen molar-refractivity contribution >= 4 is 49.8 Å². The Morgan fingerprint density at radius 2 is 1.81 bits per heavy atom. The maximum absolute atomic E-state index is 13.2. The summed E-state index contributed by atoms with van der Waals surface area (Å²) in [4.78, 5) is 24.8. The third kappa shape index (κ3) is 4.57. The van der Waals surface area contributed by atoms with Gasteiger partial charge in [-0.05, 0) is 21.5 Å². The molecule has 1 saturated heterocycles. The van der Waals surface area contributed by atoms with Crippen molar-refractivity contribution < 1.29 is 13.9 Å². The molecule has 9 nitrogen and oxygen atoms in total. The smallest absolute Gasteiger partial charge is 0.317 e. The predicted octanol–water partition coefficient (Wildman–Crippen LogP) is 4.19. The summed E-state index contributed by atoms with van der Waals surface area (Å²) in [6.07, 6.45) is -0.628. The Morgan fingerprint density at radius 1 is 1.03 bits per heavy atom. The van der Waals surface area contributed by atoms with Crippen molar-refractivity contribution in [3.05, 3.63) is 75.2 Å². The van der Waals surface area contributed by atoms with Crippen LogP contribution in [0.2, 0.25) is 0 Å². The van der Waals surface area contributed by atoms with E-state index in [1.807, 2.05) is 54.6 Å². The number of fused-ring (bicyclic) bond motifs is 1. The van der Waals surface area contributed by atoms with Crippen molar-refractivity contribution in [1.82, 2.24) is 15.2 Å². The molecule has 182 valence electrons. The van der Waals surface area contributed by atoms with Crippen LogP contribution in [0.1, 0.15) is 16.7 Å². The molecule has 1 unspecified atom stereocenters. The number of hydrogen-bond acceptors (Lipinski definition) is 10. The molecule has 6 rings (SSSR count). The van der Waals surface area contributed by atoms with Crippen LogP contribution in [0.25, 0.3) is 11.6 Å². The molecule has 0 amide bonds. The zero-order chi connectivity index (χ0) is 24.5. The Labute approximate surface area is 219 Å². The Bertz CT molecular complexity index is 1430. The Balaban J connectivity index is 1.31. The molecule has 0 bridgehead atoms. The zero-order valence-corrected chi connectivity index (χ0v) is 21.5. The number of anilines is 2. The van der Waals surface area contributed by atoms with Gasteiger partial charge in [0.15, 0.2) is 21.6 Å². The molecule has 4 heterocycles. The predicted molar refractivity (Wildman–Crippen MR) is 141 cm³/mol. The highest BCUT2D eigenvalue weighted by Crippen LogP contribution is 2.38. The van der Waals surface area contributed by atoms with Crippen LogP contribution in [0.4, 0.5) is 11.0 Å². The molecule has 2 aromatic heterocycles. The second kappa shape index (κ2) is 9.92. The van der Waals surface area contributed by atoms with E-state index >= 15 is 0 Å².